The Hall–Kier alpha value is -2.50. The van der Waals surface area contributed by atoms with Gasteiger partial charge in [-0.05, 0) is 39.0 Å². The number of ether oxygens (including phenoxy) is 2. The molecule has 2 aromatic rings. The Morgan fingerprint density at radius 1 is 1.35 bits per heavy atom. The molecule has 0 spiro atoms. The first-order valence-electron chi connectivity index (χ1n) is 7.51. The molecule has 1 aliphatic rings. The van der Waals surface area contributed by atoms with Crippen LogP contribution in [0.4, 0.5) is 0 Å². The zero-order chi connectivity index (χ0) is 16.8. The number of amides is 1. The number of nitrogens with zero attached hydrogens (tertiary/aromatic N) is 1. The highest BCUT2D eigenvalue weighted by atomic mass is 16.5. The van der Waals surface area contributed by atoms with Gasteiger partial charge in [0.2, 0.25) is 0 Å². The Morgan fingerprint density at radius 3 is 2.74 bits per heavy atom. The molecule has 0 atom stereocenters. The van der Waals surface area contributed by atoms with Crippen LogP contribution in [0.3, 0.4) is 0 Å². The largest absolute Gasteiger partial charge is 0.493 e. The van der Waals surface area contributed by atoms with E-state index in [9.17, 15) is 9.59 Å². The molecule has 0 saturated heterocycles. The Balaban J connectivity index is 2.23. The summed E-state index contributed by atoms with van der Waals surface area (Å²) in [6.45, 7) is 6.41. The number of carbonyl (C=O) groups excluding carboxylic acids is 1. The van der Waals surface area contributed by atoms with Crippen molar-refractivity contribution in [1.82, 2.24) is 9.88 Å². The molecule has 122 valence electrons. The van der Waals surface area contributed by atoms with E-state index in [0.29, 0.717) is 30.2 Å². The van der Waals surface area contributed by atoms with Crippen molar-refractivity contribution in [1.29, 1.82) is 0 Å². The van der Waals surface area contributed by atoms with Crippen LogP contribution in [-0.4, -0.2) is 29.7 Å². The molecule has 0 unspecified atom stereocenters. The second-order valence-corrected chi connectivity index (χ2v) is 6.60. The third-order valence-corrected chi connectivity index (χ3v) is 3.69. The molecule has 0 radical (unpaired) electrons. The summed E-state index contributed by atoms with van der Waals surface area (Å²) >= 11 is 0. The van der Waals surface area contributed by atoms with Crippen molar-refractivity contribution in [3.8, 4) is 11.5 Å². The molecule has 2 heterocycles. The van der Waals surface area contributed by atoms with E-state index in [1.807, 2.05) is 26.8 Å². The lowest BCUT2D eigenvalue weighted by Crippen LogP contribution is -2.43. The van der Waals surface area contributed by atoms with Gasteiger partial charge >= 0.3 is 0 Å². The molecule has 0 aliphatic carbocycles. The van der Waals surface area contributed by atoms with Gasteiger partial charge in [0, 0.05) is 10.9 Å². The summed E-state index contributed by atoms with van der Waals surface area (Å²) in [5.41, 5.74) is 0.101. The van der Waals surface area contributed by atoms with Gasteiger partial charge in [-0.2, -0.15) is 0 Å². The van der Waals surface area contributed by atoms with E-state index in [2.05, 4.69) is 5.32 Å². The summed E-state index contributed by atoms with van der Waals surface area (Å²) < 4.78 is 12.6. The Labute approximate surface area is 134 Å². The number of benzene rings is 1. The summed E-state index contributed by atoms with van der Waals surface area (Å²) in [6, 6.07) is 5.23. The van der Waals surface area contributed by atoms with E-state index < -0.39 is 5.54 Å². The van der Waals surface area contributed by atoms with Gasteiger partial charge in [-0.1, -0.05) is 0 Å². The number of rotatable bonds is 2. The highest BCUT2D eigenvalue weighted by molar-refractivity contribution is 5.99. The van der Waals surface area contributed by atoms with Gasteiger partial charge in [-0.3, -0.25) is 9.59 Å². The molecular formula is C17H20N2O4. The Bertz CT molecular complexity index is 846. The molecule has 0 fully saturated rings. The average molecular weight is 316 g/mol. The van der Waals surface area contributed by atoms with Crippen LogP contribution in [0.5, 0.6) is 11.5 Å². The number of aromatic nitrogens is 1. The van der Waals surface area contributed by atoms with E-state index in [1.54, 1.807) is 23.8 Å². The van der Waals surface area contributed by atoms with Crippen molar-refractivity contribution < 1.29 is 14.3 Å². The molecule has 6 heteroatoms. The van der Waals surface area contributed by atoms with Gasteiger partial charge in [0.15, 0.2) is 11.5 Å². The average Bonchev–Trinajstić information content (AvgIpc) is 2.49. The minimum absolute atomic E-state index is 0.144. The van der Waals surface area contributed by atoms with Crippen LogP contribution in [0.15, 0.2) is 23.0 Å². The van der Waals surface area contributed by atoms with Crippen molar-refractivity contribution in [3.63, 3.8) is 0 Å². The fourth-order valence-electron chi connectivity index (χ4n) is 2.75. The summed E-state index contributed by atoms with van der Waals surface area (Å²) in [6.07, 6.45) is 0. The van der Waals surface area contributed by atoms with Crippen molar-refractivity contribution in [2.75, 3.05) is 13.7 Å². The van der Waals surface area contributed by atoms with Crippen LogP contribution < -0.4 is 20.3 Å². The maximum absolute atomic E-state index is 12.7. The molecule has 0 saturated carbocycles. The van der Waals surface area contributed by atoms with Crippen LogP contribution in [0.25, 0.3) is 10.9 Å². The Kier molecular flexibility index (Phi) is 3.55. The third kappa shape index (κ3) is 2.65. The summed E-state index contributed by atoms with van der Waals surface area (Å²) in [7, 11) is 1.56. The van der Waals surface area contributed by atoms with E-state index in [-0.39, 0.29) is 17.0 Å². The lowest BCUT2D eigenvalue weighted by molar-refractivity contribution is 0.0917. The standard InChI is InChI=1S/C17H20N2O4/c1-17(2,3)18-15(20)11-9-10-5-6-12(22-4)14-13(10)19(16(11)21)7-8-23-14/h5-6,9H,7-8H2,1-4H3,(H,18,20). The monoisotopic (exact) mass is 316 g/mol. The van der Waals surface area contributed by atoms with Gasteiger partial charge < -0.3 is 19.4 Å². The smallest absolute Gasteiger partial charge is 0.264 e. The van der Waals surface area contributed by atoms with Crippen LogP contribution >= 0.6 is 0 Å². The van der Waals surface area contributed by atoms with Crippen LogP contribution in [-0.2, 0) is 6.54 Å². The van der Waals surface area contributed by atoms with Crippen LogP contribution in [0, 0.1) is 0 Å². The molecule has 1 aromatic carbocycles. The predicted molar refractivity (Wildman–Crippen MR) is 87.5 cm³/mol. The molecular weight excluding hydrogens is 296 g/mol. The molecule has 3 rings (SSSR count). The van der Waals surface area contributed by atoms with Crippen molar-refractivity contribution in [2.24, 2.45) is 0 Å². The maximum Gasteiger partial charge on any atom is 0.264 e. The number of carbonyl (C=O) groups is 1. The summed E-state index contributed by atoms with van der Waals surface area (Å²) in [4.78, 5) is 25.2. The zero-order valence-electron chi connectivity index (χ0n) is 13.7. The first-order chi connectivity index (χ1) is 10.8. The van der Waals surface area contributed by atoms with Crippen LogP contribution in [0.2, 0.25) is 0 Å². The number of hydrogen-bond acceptors (Lipinski definition) is 4. The first kappa shape index (κ1) is 15.4. The minimum atomic E-state index is -0.408. The normalized spacial score (nSPS) is 13.6. The number of pyridine rings is 1. The number of methoxy groups -OCH3 is 1. The van der Waals surface area contributed by atoms with E-state index >= 15 is 0 Å². The fraction of sp³-hybridized carbons (Fsp3) is 0.412. The summed E-state index contributed by atoms with van der Waals surface area (Å²) in [5.74, 6) is 0.769. The van der Waals surface area contributed by atoms with Gasteiger partial charge in [0.1, 0.15) is 12.2 Å². The van der Waals surface area contributed by atoms with E-state index in [4.69, 9.17) is 9.47 Å². The minimum Gasteiger partial charge on any atom is -0.493 e. The molecule has 23 heavy (non-hydrogen) atoms. The zero-order valence-corrected chi connectivity index (χ0v) is 13.7. The topological polar surface area (TPSA) is 69.6 Å². The number of hydrogen-bond donors (Lipinski definition) is 1. The molecule has 1 aliphatic heterocycles. The van der Waals surface area contributed by atoms with Gasteiger partial charge in [0.25, 0.3) is 11.5 Å². The fourth-order valence-corrected chi connectivity index (χ4v) is 2.75. The highest BCUT2D eigenvalue weighted by Crippen LogP contribution is 2.37. The first-order valence-corrected chi connectivity index (χ1v) is 7.51. The van der Waals surface area contributed by atoms with E-state index in [1.165, 1.54) is 0 Å². The lowest BCUT2D eigenvalue weighted by Gasteiger charge is -2.24. The van der Waals surface area contributed by atoms with Gasteiger partial charge in [0.05, 0.1) is 19.2 Å². The van der Waals surface area contributed by atoms with Crippen molar-refractivity contribution in [2.45, 2.75) is 32.9 Å². The lowest BCUT2D eigenvalue weighted by atomic mass is 10.1. The second kappa shape index (κ2) is 5.30. The summed E-state index contributed by atoms with van der Waals surface area (Å²) in [5, 5.41) is 3.62. The highest BCUT2D eigenvalue weighted by Gasteiger charge is 2.24. The quantitative estimate of drug-likeness (QED) is 0.919. The molecule has 6 nitrogen and oxygen atoms in total. The molecule has 1 aromatic heterocycles. The van der Waals surface area contributed by atoms with Crippen molar-refractivity contribution in [3.05, 3.63) is 34.1 Å². The predicted octanol–water partition coefficient (Wildman–Crippen LogP) is 1.93. The van der Waals surface area contributed by atoms with Crippen LogP contribution in [0.1, 0.15) is 31.1 Å². The maximum atomic E-state index is 12.7. The third-order valence-electron chi connectivity index (χ3n) is 3.69. The van der Waals surface area contributed by atoms with Gasteiger partial charge in [-0.25, -0.2) is 0 Å². The van der Waals surface area contributed by atoms with Crippen molar-refractivity contribution >= 4 is 16.8 Å². The molecule has 0 bridgehead atoms. The number of nitrogens with one attached hydrogen (secondary N) is 1. The molecule has 1 amide bonds. The second-order valence-electron chi connectivity index (χ2n) is 6.60. The van der Waals surface area contributed by atoms with Gasteiger partial charge in [-0.15, -0.1) is 0 Å². The SMILES string of the molecule is COc1ccc2cc(C(=O)NC(C)(C)C)c(=O)n3c2c1OCC3. The van der Waals surface area contributed by atoms with E-state index in [0.717, 1.165) is 5.39 Å². The Morgan fingerprint density at radius 2 is 2.09 bits per heavy atom. The molecule has 1 N–H and O–H groups in total.